The predicted molar refractivity (Wildman–Crippen MR) is 145 cm³/mol. The zero-order chi connectivity index (χ0) is 29.4. The first kappa shape index (κ1) is 28.7. The van der Waals surface area contributed by atoms with E-state index in [1.54, 1.807) is 13.8 Å². The normalized spacial score (nSPS) is 12.4. The van der Waals surface area contributed by atoms with Gasteiger partial charge in [-0.05, 0) is 45.9 Å². The SMILES string of the molecule is CCNC(=O)C(C)(C)n1c(=O)c2c(C)c(-n3nccn3)sc2n(C[C@H](OC(C)=O)c2cc(F)ccc2OC)c1=O. The summed E-state index contributed by atoms with van der Waals surface area (Å²) in [5.41, 5.74) is -2.41. The van der Waals surface area contributed by atoms with Gasteiger partial charge in [0.1, 0.15) is 33.0 Å². The Balaban J connectivity index is 2.06. The van der Waals surface area contributed by atoms with Crippen molar-refractivity contribution < 1.29 is 23.5 Å². The zero-order valence-corrected chi connectivity index (χ0v) is 23.7. The van der Waals surface area contributed by atoms with Gasteiger partial charge in [0.15, 0.2) is 0 Å². The van der Waals surface area contributed by atoms with Crippen molar-refractivity contribution in [2.75, 3.05) is 13.7 Å². The number of carbonyl (C=O) groups excluding carboxylic acids is 2. The molecular formula is C26H29FN6O6S. The summed E-state index contributed by atoms with van der Waals surface area (Å²) >= 11 is 1.08. The monoisotopic (exact) mass is 572 g/mol. The first-order valence-electron chi connectivity index (χ1n) is 12.4. The lowest BCUT2D eigenvalue weighted by Crippen LogP contribution is -2.55. The van der Waals surface area contributed by atoms with Gasteiger partial charge in [-0.15, -0.1) is 4.80 Å². The highest BCUT2D eigenvalue weighted by Crippen LogP contribution is 2.34. The molecular weight excluding hydrogens is 543 g/mol. The van der Waals surface area contributed by atoms with Crippen molar-refractivity contribution in [1.29, 1.82) is 0 Å². The van der Waals surface area contributed by atoms with E-state index in [0.717, 1.165) is 22.0 Å². The highest BCUT2D eigenvalue weighted by atomic mass is 32.1. The minimum Gasteiger partial charge on any atom is -0.496 e. The van der Waals surface area contributed by atoms with Crippen molar-refractivity contribution in [3.8, 4) is 10.8 Å². The third-order valence-electron chi connectivity index (χ3n) is 6.43. The Labute approximate surface area is 231 Å². The molecule has 40 heavy (non-hydrogen) atoms. The summed E-state index contributed by atoms with van der Waals surface area (Å²) in [5.74, 6) is -1.59. The van der Waals surface area contributed by atoms with Crippen LogP contribution >= 0.6 is 11.3 Å². The summed E-state index contributed by atoms with van der Waals surface area (Å²) in [6.45, 7) is 7.51. The van der Waals surface area contributed by atoms with E-state index in [0.29, 0.717) is 10.6 Å². The molecule has 0 spiro atoms. The predicted octanol–water partition coefficient (Wildman–Crippen LogP) is 2.44. The molecule has 14 heteroatoms. The van der Waals surface area contributed by atoms with E-state index in [2.05, 4.69) is 15.5 Å². The van der Waals surface area contributed by atoms with Gasteiger partial charge in [-0.3, -0.25) is 19.0 Å². The summed E-state index contributed by atoms with van der Waals surface area (Å²) in [6.07, 6.45) is 1.76. The van der Waals surface area contributed by atoms with Gasteiger partial charge in [-0.25, -0.2) is 13.8 Å². The summed E-state index contributed by atoms with van der Waals surface area (Å²) in [4.78, 5) is 54.8. The maximum absolute atomic E-state index is 14.3. The molecule has 1 N–H and O–H groups in total. The Bertz CT molecular complexity index is 1710. The largest absolute Gasteiger partial charge is 0.496 e. The lowest BCUT2D eigenvalue weighted by Gasteiger charge is -2.27. The smallest absolute Gasteiger partial charge is 0.333 e. The highest BCUT2D eigenvalue weighted by molar-refractivity contribution is 7.21. The molecule has 1 amide bonds. The number of fused-ring (bicyclic) bond motifs is 1. The second-order valence-corrected chi connectivity index (χ2v) is 10.4. The molecule has 4 rings (SSSR count). The van der Waals surface area contributed by atoms with Gasteiger partial charge in [0.2, 0.25) is 5.91 Å². The average molecular weight is 573 g/mol. The van der Waals surface area contributed by atoms with Crippen LogP contribution < -0.4 is 21.3 Å². The number of halogens is 1. The standard InChI is InChI=1S/C26H29FN6O6S/c1-7-28-24(36)26(4,5)32-21(35)20-14(2)22(33-29-10-11-30-33)40-23(20)31(25(32)37)13-19(39-15(3)34)17-12-16(27)8-9-18(17)38-6/h8-12,19H,7,13H2,1-6H3,(H,28,36)/t19-/m0/s1. The number of aromatic nitrogens is 5. The number of carbonyl (C=O) groups is 2. The molecule has 3 aromatic heterocycles. The molecule has 4 aromatic rings. The lowest BCUT2D eigenvalue weighted by atomic mass is 10.0. The van der Waals surface area contributed by atoms with Crippen LogP contribution in [-0.4, -0.2) is 49.7 Å². The van der Waals surface area contributed by atoms with E-state index in [4.69, 9.17) is 9.47 Å². The van der Waals surface area contributed by atoms with Crippen LogP contribution in [0.25, 0.3) is 15.2 Å². The average Bonchev–Trinajstić information content (AvgIpc) is 3.53. The van der Waals surface area contributed by atoms with Gasteiger partial charge < -0.3 is 14.8 Å². The Hall–Kier alpha value is -4.33. The number of methoxy groups -OCH3 is 1. The van der Waals surface area contributed by atoms with E-state index in [1.807, 2.05) is 0 Å². The van der Waals surface area contributed by atoms with Gasteiger partial charge >= 0.3 is 11.7 Å². The summed E-state index contributed by atoms with van der Waals surface area (Å²) in [6, 6.07) is 3.73. The second-order valence-electron chi connectivity index (χ2n) is 9.47. The zero-order valence-electron chi connectivity index (χ0n) is 22.9. The Morgan fingerprint density at radius 1 is 1.20 bits per heavy atom. The molecule has 0 aliphatic carbocycles. The number of thiophene rings is 1. The molecule has 0 saturated carbocycles. The van der Waals surface area contributed by atoms with Crippen molar-refractivity contribution in [2.45, 2.75) is 52.8 Å². The number of esters is 1. The van der Waals surface area contributed by atoms with Gasteiger partial charge in [-0.1, -0.05) is 11.3 Å². The van der Waals surface area contributed by atoms with Crippen molar-refractivity contribution in [3.05, 3.63) is 68.4 Å². The van der Waals surface area contributed by atoms with Crippen LogP contribution in [0.5, 0.6) is 5.75 Å². The number of amides is 1. The number of hydrogen-bond donors (Lipinski definition) is 1. The van der Waals surface area contributed by atoms with Crippen LogP contribution in [0.15, 0.2) is 40.2 Å². The number of aryl methyl sites for hydroxylation is 1. The highest BCUT2D eigenvalue weighted by Gasteiger charge is 2.36. The third-order valence-corrected chi connectivity index (χ3v) is 7.72. The molecule has 0 unspecified atom stereocenters. The molecule has 3 heterocycles. The van der Waals surface area contributed by atoms with Gasteiger partial charge in [0.05, 0.1) is 31.4 Å². The number of nitrogens with zero attached hydrogens (tertiary/aromatic N) is 5. The molecule has 0 aliphatic heterocycles. The molecule has 212 valence electrons. The van der Waals surface area contributed by atoms with E-state index >= 15 is 0 Å². The summed E-state index contributed by atoms with van der Waals surface area (Å²) < 4.78 is 27.4. The fourth-order valence-electron chi connectivity index (χ4n) is 4.50. The van der Waals surface area contributed by atoms with Crippen molar-refractivity contribution in [2.24, 2.45) is 0 Å². The number of ether oxygens (including phenoxy) is 2. The molecule has 0 radical (unpaired) electrons. The summed E-state index contributed by atoms with van der Waals surface area (Å²) in [7, 11) is 1.38. The molecule has 12 nitrogen and oxygen atoms in total. The van der Waals surface area contributed by atoms with Crippen molar-refractivity contribution >= 4 is 33.4 Å². The fourth-order valence-corrected chi connectivity index (χ4v) is 5.72. The Morgan fingerprint density at radius 2 is 1.88 bits per heavy atom. The molecule has 0 saturated heterocycles. The number of rotatable bonds is 9. The Morgan fingerprint density at radius 3 is 2.48 bits per heavy atom. The van der Waals surface area contributed by atoms with Crippen LogP contribution in [0, 0.1) is 12.7 Å². The number of hydrogen-bond acceptors (Lipinski definition) is 9. The quantitative estimate of drug-likeness (QED) is 0.302. The Kier molecular flexibility index (Phi) is 7.91. The minimum atomic E-state index is -1.59. The van der Waals surface area contributed by atoms with Crippen molar-refractivity contribution in [1.82, 2.24) is 29.4 Å². The maximum atomic E-state index is 14.3. The van der Waals surface area contributed by atoms with Gasteiger partial charge in [-0.2, -0.15) is 10.2 Å². The first-order chi connectivity index (χ1) is 18.9. The van der Waals surface area contributed by atoms with Crippen molar-refractivity contribution in [3.63, 3.8) is 0 Å². The number of nitrogens with one attached hydrogen (secondary N) is 1. The number of benzene rings is 1. The van der Waals surface area contributed by atoms with Crippen LogP contribution in [0.1, 0.15) is 44.9 Å². The fraction of sp³-hybridized carbons (Fsp3) is 0.385. The minimum absolute atomic E-state index is 0.169. The molecule has 1 aromatic carbocycles. The van der Waals surface area contributed by atoms with Gasteiger partial charge in [0, 0.05) is 24.6 Å². The van der Waals surface area contributed by atoms with Crippen LogP contribution in [0.4, 0.5) is 4.39 Å². The summed E-state index contributed by atoms with van der Waals surface area (Å²) in [5, 5.41) is 11.6. The third kappa shape index (κ3) is 5.01. The topological polar surface area (TPSA) is 139 Å². The molecule has 1 atom stereocenters. The van der Waals surface area contributed by atoms with Crippen LogP contribution in [-0.2, 0) is 26.4 Å². The maximum Gasteiger partial charge on any atom is 0.333 e. The second kappa shape index (κ2) is 11.0. The van der Waals surface area contributed by atoms with E-state index in [9.17, 15) is 23.6 Å². The molecule has 0 bridgehead atoms. The van der Waals surface area contributed by atoms with Crippen LogP contribution in [0.2, 0.25) is 0 Å². The van der Waals surface area contributed by atoms with Gasteiger partial charge in [0.25, 0.3) is 5.56 Å². The van der Waals surface area contributed by atoms with Crippen LogP contribution in [0.3, 0.4) is 0 Å². The molecule has 0 fully saturated rings. The van der Waals surface area contributed by atoms with E-state index in [1.165, 1.54) is 61.8 Å². The lowest BCUT2D eigenvalue weighted by molar-refractivity contribution is -0.147. The number of likely N-dealkylation sites (N-methyl/N-ethyl adjacent to an activating group) is 1. The first-order valence-corrected chi connectivity index (χ1v) is 13.2. The van der Waals surface area contributed by atoms with E-state index in [-0.39, 0.29) is 34.6 Å². The molecule has 0 aliphatic rings. The van der Waals surface area contributed by atoms with E-state index < -0.39 is 40.6 Å².